The highest BCUT2D eigenvalue weighted by molar-refractivity contribution is 5.87. The van der Waals surface area contributed by atoms with Gasteiger partial charge in [0, 0.05) is 23.8 Å². The van der Waals surface area contributed by atoms with Gasteiger partial charge in [0.15, 0.2) is 6.29 Å². The molecule has 0 saturated carbocycles. The molecule has 0 amide bonds. The molecule has 6 heteroatoms. The molecule has 0 atom stereocenters. The summed E-state index contributed by atoms with van der Waals surface area (Å²) in [6.45, 7) is 1.59. The fraction of sp³-hybridized carbons (Fsp3) is 0.0909. The maximum Gasteiger partial charge on any atom is 0.328 e. The van der Waals surface area contributed by atoms with Crippen LogP contribution in [0.15, 0.2) is 18.2 Å². The van der Waals surface area contributed by atoms with Crippen LogP contribution in [0.1, 0.15) is 21.5 Å². The summed E-state index contributed by atoms with van der Waals surface area (Å²) >= 11 is 0. The summed E-state index contributed by atoms with van der Waals surface area (Å²) in [5, 5.41) is 19.1. The molecule has 0 aliphatic heterocycles. The SMILES string of the molecule is Cc1c(C=O)cc([N+](=O)[O-])cc1/C=C/C(=O)O. The molecule has 1 aromatic rings. The molecular weight excluding hydrogens is 226 g/mol. The van der Waals surface area contributed by atoms with Crippen molar-refractivity contribution in [3.05, 3.63) is 45.0 Å². The van der Waals surface area contributed by atoms with Crippen LogP contribution in [-0.2, 0) is 4.79 Å². The number of carbonyl (C=O) groups is 2. The zero-order valence-electron chi connectivity index (χ0n) is 8.91. The Morgan fingerprint density at radius 3 is 2.47 bits per heavy atom. The van der Waals surface area contributed by atoms with Crippen molar-refractivity contribution in [1.29, 1.82) is 0 Å². The molecule has 6 nitrogen and oxygen atoms in total. The summed E-state index contributed by atoms with van der Waals surface area (Å²) in [6.07, 6.45) is 2.58. The largest absolute Gasteiger partial charge is 0.478 e. The smallest absolute Gasteiger partial charge is 0.328 e. The number of hydrogen-bond acceptors (Lipinski definition) is 4. The van der Waals surface area contributed by atoms with Crippen molar-refractivity contribution < 1.29 is 19.6 Å². The van der Waals surface area contributed by atoms with Crippen molar-refractivity contribution in [2.75, 3.05) is 0 Å². The molecule has 17 heavy (non-hydrogen) atoms. The Hall–Kier alpha value is -2.50. The molecule has 0 radical (unpaired) electrons. The van der Waals surface area contributed by atoms with E-state index in [1.807, 2.05) is 0 Å². The molecule has 0 aliphatic rings. The lowest BCUT2D eigenvalue weighted by Crippen LogP contribution is -1.96. The molecule has 0 aliphatic carbocycles. The molecule has 0 bridgehead atoms. The second-order valence-corrected chi connectivity index (χ2v) is 3.30. The van der Waals surface area contributed by atoms with Crippen molar-refractivity contribution in [2.24, 2.45) is 0 Å². The van der Waals surface area contributed by atoms with Crippen LogP contribution in [0.2, 0.25) is 0 Å². The lowest BCUT2D eigenvalue weighted by molar-refractivity contribution is -0.384. The topological polar surface area (TPSA) is 97.5 Å². The number of hydrogen-bond donors (Lipinski definition) is 1. The Labute approximate surface area is 96.3 Å². The van der Waals surface area contributed by atoms with Crippen LogP contribution in [0.3, 0.4) is 0 Å². The molecular formula is C11H9NO5. The summed E-state index contributed by atoms with van der Waals surface area (Å²) in [5.74, 6) is -1.16. The number of nitro groups is 1. The summed E-state index contributed by atoms with van der Waals surface area (Å²) in [6, 6.07) is 2.38. The van der Waals surface area contributed by atoms with E-state index in [9.17, 15) is 19.7 Å². The van der Waals surface area contributed by atoms with Crippen molar-refractivity contribution in [3.63, 3.8) is 0 Å². The summed E-state index contributed by atoms with van der Waals surface area (Å²) in [5.41, 5.74) is 0.763. The molecule has 1 rings (SSSR count). The number of rotatable bonds is 4. The number of aldehydes is 1. The van der Waals surface area contributed by atoms with Gasteiger partial charge in [0.2, 0.25) is 0 Å². The van der Waals surface area contributed by atoms with Gasteiger partial charge in [-0.2, -0.15) is 0 Å². The number of aliphatic carboxylic acids is 1. The fourth-order valence-corrected chi connectivity index (χ4v) is 1.31. The van der Waals surface area contributed by atoms with Crippen molar-refractivity contribution in [3.8, 4) is 0 Å². The Morgan fingerprint density at radius 1 is 1.41 bits per heavy atom. The third-order valence-electron chi connectivity index (χ3n) is 2.22. The fourth-order valence-electron chi connectivity index (χ4n) is 1.31. The molecule has 0 aromatic heterocycles. The van der Waals surface area contributed by atoms with Gasteiger partial charge in [0.05, 0.1) is 4.92 Å². The summed E-state index contributed by atoms with van der Waals surface area (Å²) < 4.78 is 0. The highest BCUT2D eigenvalue weighted by Gasteiger charge is 2.12. The standard InChI is InChI=1S/C11H9NO5/c1-7-8(2-3-11(14)15)4-10(12(16)17)5-9(7)6-13/h2-6H,1H3,(H,14,15)/b3-2+. The Bertz CT molecular complexity index is 519. The number of carboxylic acid groups (broad SMARTS) is 1. The van der Waals surface area contributed by atoms with Crippen LogP contribution in [-0.4, -0.2) is 22.3 Å². The lowest BCUT2D eigenvalue weighted by atomic mass is 10.0. The van der Waals surface area contributed by atoms with Gasteiger partial charge in [-0.3, -0.25) is 14.9 Å². The zero-order chi connectivity index (χ0) is 13.0. The number of carbonyl (C=O) groups excluding carboxylic acids is 1. The summed E-state index contributed by atoms with van der Waals surface area (Å²) in [7, 11) is 0. The molecule has 1 N–H and O–H groups in total. The Kier molecular flexibility index (Phi) is 3.71. The van der Waals surface area contributed by atoms with E-state index in [4.69, 9.17) is 5.11 Å². The van der Waals surface area contributed by atoms with E-state index >= 15 is 0 Å². The second-order valence-electron chi connectivity index (χ2n) is 3.30. The quantitative estimate of drug-likeness (QED) is 0.371. The molecule has 1 aromatic carbocycles. The zero-order valence-corrected chi connectivity index (χ0v) is 8.91. The van der Waals surface area contributed by atoms with Crippen LogP contribution in [0.4, 0.5) is 5.69 Å². The van der Waals surface area contributed by atoms with Crippen LogP contribution < -0.4 is 0 Å². The van der Waals surface area contributed by atoms with Crippen molar-refractivity contribution in [2.45, 2.75) is 6.92 Å². The Morgan fingerprint density at radius 2 is 2.00 bits per heavy atom. The maximum absolute atomic E-state index is 10.7. The van der Waals surface area contributed by atoms with E-state index in [-0.39, 0.29) is 11.3 Å². The van der Waals surface area contributed by atoms with E-state index in [0.717, 1.165) is 12.1 Å². The molecule has 88 valence electrons. The molecule has 0 spiro atoms. The van der Waals surface area contributed by atoms with Crippen molar-refractivity contribution in [1.82, 2.24) is 0 Å². The number of nitro benzene ring substituents is 1. The molecule has 0 saturated heterocycles. The van der Waals surface area contributed by atoms with E-state index in [1.54, 1.807) is 6.92 Å². The van der Waals surface area contributed by atoms with Crippen molar-refractivity contribution >= 4 is 24.0 Å². The van der Waals surface area contributed by atoms with E-state index in [2.05, 4.69) is 0 Å². The van der Waals surface area contributed by atoms with Gasteiger partial charge in [-0.25, -0.2) is 4.79 Å². The average Bonchev–Trinajstić information content (AvgIpc) is 2.27. The number of non-ortho nitro benzene ring substituents is 1. The molecule has 0 heterocycles. The highest BCUT2D eigenvalue weighted by atomic mass is 16.6. The monoisotopic (exact) mass is 235 g/mol. The first-order chi connectivity index (χ1) is 7.95. The minimum Gasteiger partial charge on any atom is -0.478 e. The number of nitrogens with zero attached hydrogens (tertiary/aromatic N) is 1. The van der Waals surface area contributed by atoms with Crippen LogP contribution in [0.25, 0.3) is 6.08 Å². The molecule has 0 unspecified atom stereocenters. The lowest BCUT2D eigenvalue weighted by Gasteiger charge is -2.03. The number of carboxylic acids is 1. The van der Waals surface area contributed by atoms with Crippen LogP contribution in [0, 0.1) is 17.0 Å². The van der Waals surface area contributed by atoms with Gasteiger partial charge in [-0.05, 0) is 24.1 Å². The van der Waals surface area contributed by atoms with E-state index in [1.165, 1.54) is 12.1 Å². The van der Waals surface area contributed by atoms with Gasteiger partial charge >= 0.3 is 5.97 Å². The van der Waals surface area contributed by atoms with Crippen LogP contribution in [0.5, 0.6) is 0 Å². The first kappa shape index (κ1) is 12.6. The van der Waals surface area contributed by atoms with Crippen LogP contribution >= 0.6 is 0 Å². The number of benzene rings is 1. The third kappa shape index (κ3) is 2.97. The van der Waals surface area contributed by atoms with Gasteiger partial charge < -0.3 is 5.11 Å². The maximum atomic E-state index is 10.7. The highest BCUT2D eigenvalue weighted by Crippen LogP contribution is 2.22. The first-order valence-corrected chi connectivity index (χ1v) is 4.61. The average molecular weight is 235 g/mol. The molecule has 0 fully saturated rings. The minimum absolute atomic E-state index is 0.171. The van der Waals surface area contributed by atoms with E-state index < -0.39 is 10.9 Å². The normalized spacial score (nSPS) is 10.4. The predicted octanol–water partition coefficient (Wildman–Crippen LogP) is 1.81. The third-order valence-corrected chi connectivity index (χ3v) is 2.22. The van der Waals surface area contributed by atoms with Gasteiger partial charge in [0.1, 0.15) is 0 Å². The minimum atomic E-state index is -1.16. The van der Waals surface area contributed by atoms with Gasteiger partial charge in [0.25, 0.3) is 5.69 Å². The Balaban J connectivity index is 3.37. The van der Waals surface area contributed by atoms with E-state index in [0.29, 0.717) is 17.4 Å². The summed E-state index contributed by atoms with van der Waals surface area (Å²) in [4.78, 5) is 31.1. The first-order valence-electron chi connectivity index (χ1n) is 4.61. The van der Waals surface area contributed by atoms with Gasteiger partial charge in [-0.1, -0.05) is 0 Å². The predicted molar refractivity (Wildman–Crippen MR) is 59.9 cm³/mol. The second kappa shape index (κ2) is 5.02. The van der Waals surface area contributed by atoms with Gasteiger partial charge in [-0.15, -0.1) is 0 Å².